The first-order valence-electron chi connectivity index (χ1n) is 7.95. The maximum Gasteiger partial charge on any atom is 0.338 e. The van der Waals surface area contributed by atoms with Crippen molar-refractivity contribution in [3.8, 4) is 22.8 Å². The van der Waals surface area contributed by atoms with Crippen LogP contribution in [-0.2, 0) is 11.3 Å². The minimum absolute atomic E-state index is 0.0225. The van der Waals surface area contributed by atoms with Crippen LogP contribution in [-0.4, -0.2) is 20.2 Å². The SMILES string of the molecule is COc1ccc(C(=O)OCc2ccc(-c3cccc(Cl)c3Cl)o2)cc1OC. The summed E-state index contributed by atoms with van der Waals surface area (Å²) in [5.74, 6) is 1.50. The largest absolute Gasteiger partial charge is 0.493 e. The Morgan fingerprint density at radius 3 is 2.52 bits per heavy atom. The van der Waals surface area contributed by atoms with Crippen molar-refractivity contribution in [2.75, 3.05) is 14.2 Å². The summed E-state index contributed by atoms with van der Waals surface area (Å²) in [6.07, 6.45) is 0. The lowest BCUT2D eigenvalue weighted by molar-refractivity contribution is 0.0446. The fourth-order valence-corrected chi connectivity index (χ4v) is 2.87. The van der Waals surface area contributed by atoms with E-state index in [1.807, 2.05) is 0 Å². The predicted molar refractivity (Wildman–Crippen MR) is 103 cm³/mol. The lowest BCUT2D eigenvalue weighted by Gasteiger charge is -2.09. The van der Waals surface area contributed by atoms with E-state index in [4.69, 9.17) is 41.8 Å². The molecule has 0 N–H and O–H groups in total. The molecule has 0 fully saturated rings. The van der Waals surface area contributed by atoms with Gasteiger partial charge in [-0.3, -0.25) is 0 Å². The smallest absolute Gasteiger partial charge is 0.338 e. The van der Waals surface area contributed by atoms with Gasteiger partial charge in [-0.1, -0.05) is 29.3 Å². The van der Waals surface area contributed by atoms with Gasteiger partial charge in [0.2, 0.25) is 0 Å². The molecular weight excluding hydrogens is 391 g/mol. The highest BCUT2D eigenvalue weighted by atomic mass is 35.5. The van der Waals surface area contributed by atoms with Gasteiger partial charge >= 0.3 is 5.97 Å². The molecule has 0 aliphatic rings. The van der Waals surface area contributed by atoms with Crippen LogP contribution < -0.4 is 9.47 Å². The molecule has 0 aliphatic heterocycles. The Balaban J connectivity index is 1.70. The highest BCUT2D eigenvalue weighted by Crippen LogP contribution is 2.34. The number of carbonyl (C=O) groups is 1. The van der Waals surface area contributed by atoms with E-state index in [1.54, 1.807) is 48.5 Å². The Kier molecular flexibility index (Phi) is 5.94. The summed E-state index contributed by atoms with van der Waals surface area (Å²) in [7, 11) is 3.02. The number of rotatable bonds is 6. The number of ether oxygens (including phenoxy) is 3. The van der Waals surface area contributed by atoms with Crippen molar-refractivity contribution in [2.45, 2.75) is 6.61 Å². The summed E-state index contributed by atoms with van der Waals surface area (Å²) in [6, 6.07) is 13.5. The summed E-state index contributed by atoms with van der Waals surface area (Å²) < 4.78 is 21.3. The van der Waals surface area contributed by atoms with Crippen molar-refractivity contribution in [3.05, 3.63) is 69.9 Å². The zero-order valence-electron chi connectivity index (χ0n) is 14.6. The van der Waals surface area contributed by atoms with Crippen molar-refractivity contribution in [1.29, 1.82) is 0 Å². The van der Waals surface area contributed by atoms with Crippen LogP contribution in [0.4, 0.5) is 0 Å². The summed E-state index contributed by atoms with van der Waals surface area (Å²) in [6.45, 7) is -0.0225. The van der Waals surface area contributed by atoms with E-state index in [9.17, 15) is 4.79 Å². The molecule has 0 saturated heterocycles. The van der Waals surface area contributed by atoms with Crippen LogP contribution in [0.3, 0.4) is 0 Å². The molecule has 3 aromatic rings. The monoisotopic (exact) mass is 406 g/mol. The van der Waals surface area contributed by atoms with Gasteiger partial charge in [0, 0.05) is 5.56 Å². The van der Waals surface area contributed by atoms with Crippen LogP contribution in [0.5, 0.6) is 11.5 Å². The van der Waals surface area contributed by atoms with Crippen LogP contribution >= 0.6 is 23.2 Å². The maximum atomic E-state index is 12.3. The molecule has 140 valence electrons. The first-order valence-corrected chi connectivity index (χ1v) is 8.71. The molecule has 0 saturated carbocycles. The third kappa shape index (κ3) is 4.21. The predicted octanol–water partition coefficient (Wildman–Crippen LogP) is 5.63. The zero-order chi connectivity index (χ0) is 19.4. The summed E-state index contributed by atoms with van der Waals surface area (Å²) >= 11 is 12.2. The van der Waals surface area contributed by atoms with Crippen molar-refractivity contribution in [3.63, 3.8) is 0 Å². The fourth-order valence-electron chi connectivity index (χ4n) is 2.48. The van der Waals surface area contributed by atoms with Gasteiger partial charge in [-0.15, -0.1) is 0 Å². The van der Waals surface area contributed by atoms with E-state index < -0.39 is 5.97 Å². The number of methoxy groups -OCH3 is 2. The van der Waals surface area contributed by atoms with Crippen molar-refractivity contribution in [1.82, 2.24) is 0 Å². The molecule has 27 heavy (non-hydrogen) atoms. The zero-order valence-corrected chi connectivity index (χ0v) is 16.1. The third-order valence-corrected chi connectivity index (χ3v) is 4.66. The molecule has 5 nitrogen and oxygen atoms in total. The van der Waals surface area contributed by atoms with Gasteiger partial charge in [-0.2, -0.15) is 0 Å². The average Bonchev–Trinajstić information content (AvgIpc) is 3.16. The van der Waals surface area contributed by atoms with E-state index in [2.05, 4.69) is 0 Å². The minimum Gasteiger partial charge on any atom is -0.493 e. The first kappa shape index (κ1) is 19.1. The molecule has 1 heterocycles. The van der Waals surface area contributed by atoms with E-state index >= 15 is 0 Å². The standard InChI is InChI=1S/C20H16Cl2O5/c1-24-17-8-6-12(10-18(17)25-2)20(23)26-11-13-7-9-16(27-13)14-4-3-5-15(21)19(14)22/h3-10H,11H2,1-2H3. The molecule has 0 amide bonds. The highest BCUT2D eigenvalue weighted by molar-refractivity contribution is 6.43. The summed E-state index contributed by atoms with van der Waals surface area (Å²) in [5.41, 5.74) is 1.01. The number of benzene rings is 2. The van der Waals surface area contributed by atoms with Crippen LogP contribution in [0.25, 0.3) is 11.3 Å². The molecular formula is C20H16Cl2O5. The van der Waals surface area contributed by atoms with Gasteiger partial charge in [0.1, 0.15) is 18.1 Å². The van der Waals surface area contributed by atoms with Crippen LogP contribution in [0.1, 0.15) is 16.1 Å². The third-order valence-electron chi connectivity index (χ3n) is 3.84. The normalized spacial score (nSPS) is 10.5. The quantitative estimate of drug-likeness (QED) is 0.496. The van der Waals surface area contributed by atoms with Crippen molar-refractivity contribution in [2.24, 2.45) is 0 Å². The highest BCUT2D eigenvalue weighted by Gasteiger charge is 2.14. The fraction of sp³-hybridized carbons (Fsp3) is 0.150. The molecule has 0 unspecified atom stereocenters. The van der Waals surface area contributed by atoms with Crippen molar-refractivity contribution < 1.29 is 23.4 Å². The summed E-state index contributed by atoms with van der Waals surface area (Å²) in [4.78, 5) is 12.3. The number of hydrogen-bond acceptors (Lipinski definition) is 5. The molecule has 0 aliphatic carbocycles. The van der Waals surface area contributed by atoms with Gasteiger partial charge in [0.15, 0.2) is 11.5 Å². The summed E-state index contributed by atoms with van der Waals surface area (Å²) in [5, 5.41) is 0.842. The molecule has 0 atom stereocenters. The van der Waals surface area contributed by atoms with E-state index in [0.29, 0.717) is 44.2 Å². The first-order chi connectivity index (χ1) is 13.0. The number of esters is 1. The van der Waals surface area contributed by atoms with E-state index in [1.165, 1.54) is 14.2 Å². The van der Waals surface area contributed by atoms with Crippen LogP contribution in [0, 0.1) is 0 Å². The molecule has 7 heteroatoms. The van der Waals surface area contributed by atoms with E-state index in [0.717, 1.165) is 0 Å². The van der Waals surface area contributed by atoms with Gasteiger partial charge in [0.25, 0.3) is 0 Å². The van der Waals surface area contributed by atoms with Crippen LogP contribution in [0.15, 0.2) is 52.9 Å². The molecule has 1 aromatic heterocycles. The Labute approximate surface area is 166 Å². The Hall–Kier alpha value is -2.63. The minimum atomic E-state index is -0.505. The van der Waals surface area contributed by atoms with Gasteiger partial charge < -0.3 is 18.6 Å². The van der Waals surface area contributed by atoms with Crippen LogP contribution in [0.2, 0.25) is 10.0 Å². The van der Waals surface area contributed by atoms with E-state index in [-0.39, 0.29) is 6.61 Å². The molecule has 0 radical (unpaired) electrons. The number of carbonyl (C=O) groups excluding carboxylic acids is 1. The maximum absolute atomic E-state index is 12.3. The number of hydrogen-bond donors (Lipinski definition) is 0. The lowest BCUT2D eigenvalue weighted by Crippen LogP contribution is -2.05. The molecule has 3 rings (SSSR count). The van der Waals surface area contributed by atoms with Gasteiger partial charge in [0.05, 0.1) is 29.8 Å². The molecule has 0 spiro atoms. The Morgan fingerprint density at radius 2 is 1.78 bits per heavy atom. The lowest BCUT2D eigenvalue weighted by atomic mass is 10.2. The van der Waals surface area contributed by atoms with Crippen molar-refractivity contribution >= 4 is 29.2 Å². The van der Waals surface area contributed by atoms with Gasteiger partial charge in [-0.05, 0) is 42.5 Å². The number of furan rings is 1. The Bertz CT molecular complexity index is 965. The molecule has 0 bridgehead atoms. The average molecular weight is 407 g/mol. The number of halogens is 2. The second-order valence-corrected chi connectivity index (χ2v) is 6.30. The molecule has 2 aromatic carbocycles. The second kappa shape index (κ2) is 8.37. The Morgan fingerprint density at radius 1 is 1.00 bits per heavy atom. The second-order valence-electron chi connectivity index (χ2n) is 5.51. The van der Waals surface area contributed by atoms with Gasteiger partial charge in [-0.25, -0.2) is 4.79 Å². The topological polar surface area (TPSA) is 57.9 Å².